The summed E-state index contributed by atoms with van der Waals surface area (Å²) in [5.41, 5.74) is 0.327. The number of aliphatic hydroxyl groups excluding tert-OH is 1. The van der Waals surface area contributed by atoms with E-state index in [1.54, 1.807) is 30.3 Å². The van der Waals surface area contributed by atoms with E-state index in [9.17, 15) is 14.7 Å². The molecule has 0 heterocycles. The molecule has 3 N–H and O–H groups in total. The number of halogens is 1. The van der Waals surface area contributed by atoms with Gasteiger partial charge in [0.05, 0.1) is 11.6 Å². The van der Waals surface area contributed by atoms with Crippen molar-refractivity contribution in [2.75, 3.05) is 6.54 Å². The van der Waals surface area contributed by atoms with E-state index in [0.29, 0.717) is 22.5 Å². The van der Waals surface area contributed by atoms with Gasteiger partial charge in [-0.05, 0) is 46.8 Å². The highest BCUT2D eigenvalue weighted by Gasteiger charge is 2.30. The van der Waals surface area contributed by atoms with Gasteiger partial charge < -0.3 is 15.7 Å². The number of nitrogens with one attached hydrogen (secondary N) is 2. The van der Waals surface area contributed by atoms with Gasteiger partial charge in [0.2, 0.25) is 0 Å². The quantitative estimate of drug-likeness (QED) is 0.698. The molecular formula is C15H16BrN3O3. The van der Waals surface area contributed by atoms with Crippen LogP contribution in [0.3, 0.4) is 0 Å². The number of carbonyl (C=O) groups excluding carboxylic acids is 2. The molecule has 0 saturated heterocycles. The Labute approximate surface area is 136 Å². The summed E-state index contributed by atoms with van der Waals surface area (Å²) in [5.74, 6) is -0.717. The molecule has 0 spiro atoms. The summed E-state index contributed by atoms with van der Waals surface area (Å²) in [6.07, 6.45) is 0.531. The maximum atomic E-state index is 12.1. The van der Waals surface area contributed by atoms with E-state index in [1.807, 2.05) is 0 Å². The van der Waals surface area contributed by atoms with Crippen LogP contribution in [0.4, 0.5) is 0 Å². The Morgan fingerprint density at radius 1 is 1.41 bits per heavy atom. The summed E-state index contributed by atoms with van der Waals surface area (Å²) in [4.78, 5) is 23.9. The van der Waals surface area contributed by atoms with Crippen LogP contribution in [0.2, 0.25) is 0 Å². The normalized spacial score (nSPS) is 16.2. The van der Waals surface area contributed by atoms with Crippen LogP contribution in [0.25, 0.3) is 0 Å². The Balaban J connectivity index is 1.95. The number of nitriles is 1. The van der Waals surface area contributed by atoms with Crippen molar-refractivity contribution in [3.05, 3.63) is 34.3 Å². The van der Waals surface area contributed by atoms with Gasteiger partial charge in [-0.2, -0.15) is 5.26 Å². The molecule has 0 aromatic heterocycles. The third kappa shape index (κ3) is 4.29. The van der Waals surface area contributed by atoms with E-state index in [2.05, 4.69) is 26.6 Å². The van der Waals surface area contributed by atoms with Crippen LogP contribution < -0.4 is 10.6 Å². The van der Waals surface area contributed by atoms with Crippen LogP contribution >= 0.6 is 15.9 Å². The minimum Gasteiger partial charge on any atom is -0.380 e. The van der Waals surface area contributed by atoms with Crippen molar-refractivity contribution in [2.45, 2.75) is 25.0 Å². The van der Waals surface area contributed by atoms with Crippen LogP contribution in [-0.2, 0) is 4.79 Å². The molecule has 116 valence electrons. The molecule has 2 amide bonds. The first-order chi connectivity index (χ1) is 10.5. The summed E-state index contributed by atoms with van der Waals surface area (Å²) < 4.78 is 0.567. The zero-order valence-corrected chi connectivity index (χ0v) is 13.3. The van der Waals surface area contributed by atoms with E-state index in [4.69, 9.17) is 5.26 Å². The number of nitrogens with zero attached hydrogens (tertiary/aromatic N) is 1. The monoisotopic (exact) mass is 365 g/mol. The molecule has 0 radical (unpaired) electrons. The summed E-state index contributed by atoms with van der Waals surface area (Å²) in [5, 5.41) is 23.9. The van der Waals surface area contributed by atoms with E-state index < -0.39 is 24.0 Å². The van der Waals surface area contributed by atoms with Gasteiger partial charge in [-0.15, -0.1) is 0 Å². The third-order valence-electron chi connectivity index (χ3n) is 3.39. The summed E-state index contributed by atoms with van der Waals surface area (Å²) >= 11 is 3.24. The molecule has 22 heavy (non-hydrogen) atoms. The molecule has 7 heteroatoms. The molecule has 1 aliphatic rings. The number of aliphatic hydroxyl groups is 1. The van der Waals surface area contributed by atoms with Gasteiger partial charge in [-0.1, -0.05) is 12.1 Å². The molecule has 1 aromatic carbocycles. The van der Waals surface area contributed by atoms with Crippen LogP contribution in [0, 0.1) is 17.2 Å². The minimum absolute atomic E-state index is 0.327. The molecule has 6 nitrogen and oxygen atoms in total. The number of rotatable bonds is 6. The SMILES string of the molecule is N#CC(NC(=O)c1ccccc1Br)C(O)C(=O)NCC1CC1. The van der Waals surface area contributed by atoms with Crippen molar-refractivity contribution in [1.29, 1.82) is 5.26 Å². The fraction of sp³-hybridized carbons (Fsp3) is 0.400. The molecule has 1 aromatic rings. The van der Waals surface area contributed by atoms with Gasteiger partial charge in [0.1, 0.15) is 0 Å². The second-order valence-corrected chi connectivity index (χ2v) is 6.05. The lowest BCUT2D eigenvalue weighted by atomic mass is 10.1. The van der Waals surface area contributed by atoms with Crippen LogP contribution in [0.5, 0.6) is 0 Å². The topological polar surface area (TPSA) is 102 Å². The van der Waals surface area contributed by atoms with Gasteiger partial charge in [-0.3, -0.25) is 9.59 Å². The van der Waals surface area contributed by atoms with Crippen molar-refractivity contribution < 1.29 is 14.7 Å². The highest BCUT2D eigenvalue weighted by molar-refractivity contribution is 9.10. The number of carbonyl (C=O) groups is 2. The average Bonchev–Trinajstić information content (AvgIpc) is 3.34. The zero-order chi connectivity index (χ0) is 16.1. The fourth-order valence-electron chi connectivity index (χ4n) is 1.87. The second kappa shape index (κ2) is 7.38. The number of amides is 2. The van der Waals surface area contributed by atoms with E-state index in [1.165, 1.54) is 0 Å². The lowest BCUT2D eigenvalue weighted by molar-refractivity contribution is -0.129. The van der Waals surface area contributed by atoms with Crippen LogP contribution in [0.15, 0.2) is 28.7 Å². The molecule has 1 saturated carbocycles. The highest BCUT2D eigenvalue weighted by atomic mass is 79.9. The fourth-order valence-corrected chi connectivity index (χ4v) is 2.33. The maximum absolute atomic E-state index is 12.1. The molecule has 2 rings (SSSR count). The van der Waals surface area contributed by atoms with Gasteiger partial charge >= 0.3 is 0 Å². The number of benzene rings is 1. The minimum atomic E-state index is -1.60. The van der Waals surface area contributed by atoms with Crippen molar-refractivity contribution in [3.63, 3.8) is 0 Å². The van der Waals surface area contributed by atoms with E-state index in [-0.39, 0.29) is 0 Å². The predicted octanol–water partition coefficient (Wildman–Crippen LogP) is 0.958. The summed E-state index contributed by atoms with van der Waals surface area (Å²) in [7, 11) is 0. The molecule has 2 atom stereocenters. The molecule has 0 aliphatic heterocycles. The van der Waals surface area contributed by atoms with Gasteiger partial charge in [-0.25, -0.2) is 0 Å². The second-order valence-electron chi connectivity index (χ2n) is 5.19. The van der Waals surface area contributed by atoms with Crippen LogP contribution in [0.1, 0.15) is 23.2 Å². The number of hydrogen-bond acceptors (Lipinski definition) is 4. The smallest absolute Gasteiger partial charge is 0.253 e. The standard InChI is InChI=1S/C15H16BrN3O3/c16-11-4-2-1-3-10(11)14(21)19-12(7-17)13(20)15(22)18-8-9-5-6-9/h1-4,9,12-13,20H,5-6,8H2,(H,18,22)(H,19,21). The Morgan fingerprint density at radius 2 is 2.09 bits per heavy atom. The van der Waals surface area contributed by atoms with Gasteiger partial charge in [0.15, 0.2) is 12.1 Å². The van der Waals surface area contributed by atoms with Crippen molar-refractivity contribution in [1.82, 2.24) is 10.6 Å². The third-order valence-corrected chi connectivity index (χ3v) is 4.08. The first-order valence-electron chi connectivity index (χ1n) is 6.93. The maximum Gasteiger partial charge on any atom is 0.253 e. The molecule has 1 aliphatic carbocycles. The first-order valence-corrected chi connectivity index (χ1v) is 7.73. The largest absolute Gasteiger partial charge is 0.380 e. The molecule has 2 unspecified atom stereocenters. The Morgan fingerprint density at radius 3 is 2.68 bits per heavy atom. The first kappa shape index (κ1) is 16.5. The lowest BCUT2D eigenvalue weighted by Gasteiger charge is -2.18. The van der Waals surface area contributed by atoms with E-state index >= 15 is 0 Å². The molecular weight excluding hydrogens is 350 g/mol. The van der Waals surface area contributed by atoms with Gasteiger partial charge in [0, 0.05) is 11.0 Å². The molecule has 0 bridgehead atoms. The Kier molecular flexibility index (Phi) is 5.52. The summed E-state index contributed by atoms with van der Waals surface area (Å²) in [6.45, 7) is 0.492. The van der Waals surface area contributed by atoms with E-state index in [0.717, 1.165) is 12.8 Å². The van der Waals surface area contributed by atoms with Crippen molar-refractivity contribution >= 4 is 27.7 Å². The number of hydrogen-bond donors (Lipinski definition) is 3. The van der Waals surface area contributed by atoms with Crippen LogP contribution in [-0.4, -0.2) is 35.6 Å². The zero-order valence-electron chi connectivity index (χ0n) is 11.8. The van der Waals surface area contributed by atoms with Crippen molar-refractivity contribution in [3.8, 4) is 6.07 Å². The van der Waals surface area contributed by atoms with Crippen molar-refractivity contribution in [2.24, 2.45) is 5.92 Å². The Bertz CT molecular complexity index is 610. The summed E-state index contributed by atoms with van der Waals surface area (Å²) in [6, 6.07) is 7.14. The predicted molar refractivity (Wildman–Crippen MR) is 82.7 cm³/mol. The Hall–Kier alpha value is -1.91. The van der Waals surface area contributed by atoms with Gasteiger partial charge in [0.25, 0.3) is 11.8 Å². The lowest BCUT2D eigenvalue weighted by Crippen LogP contribution is -2.50. The molecule has 1 fully saturated rings. The average molecular weight is 366 g/mol. The highest BCUT2D eigenvalue weighted by Crippen LogP contribution is 2.27.